The molecule has 0 aromatic rings. The van der Waals surface area contributed by atoms with Crippen molar-refractivity contribution in [2.24, 2.45) is 0 Å². The van der Waals surface area contributed by atoms with Crippen LogP contribution in [0.15, 0.2) is 48.6 Å². The van der Waals surface area contributed by atoms with Crippen LogP contribution < -0.4 is 5.32 Å². The third kappa shape index (κ3) is 49.1. The molecule has 0 bridgehead atoms. The van der Waals surface area contributed by atoms with Gasteiger partial charge >= 0.3 is 5.97 Å². The van der Waals surface area contributed by atoms with E-state index in [4.69, 9.17) is 4.74 Å². The second-order valence-electron chi connectivity index (χ2n) is 18.5. The van der Waals surface area contributed by atoms with Crippen LogP contribution in [-0.4, -0.2) is 47.4 Å². The summed E-state index contributed by atoms with van der Waals surface area (Å²) in [6.07, 6.45) is 65.6. The molecule has 0 heterocycles. The highest BCUT2D eigenvalue weighted by Gasteiger charge is 2.17. The van der Waals surface area contributed by atoms with Gasteiger partial charge < -0.3 is 20.3 Å². The molecule has 0 aromatic heterocycles. The van der Waals surface area contributed by atoms with E-state index in [-0.39, 0.29) is 18.5 Å². The first-order valence-electron chi connectivity index (χ1n) is 27.4. The second kappa shape index (κ2) is 52.4. The van der Waals surface area contributed by atoms with E-state index in [0.717, 1.165) is 83.5 Å². The van der Waals surface area contributed by atoms with E-state index >= 15 is 0 Å². The van der Waals surface area contributed by atoms with E-state index in [1.165, 1.54) is 167 Å². The molecular weight excluding hydrogens is 779 g/mol. The number of hydrogen-bond donors (Lipinski definition) is 3. The Morgan fingerprint density at radius 1 is 0.444 bits per heavy atom. The standard InChI is InChI=1S/C57H105NO5/c1-3-5-7-9-11-13-15-17-18-19-20-21-22-23-24-25-26-27-29-30-33-37-41-45-49-55(60)54(53-59)58-56(61)50-46-42-38-34-32-36-40-44-48-52-63-57(62)51-47-43-39-35-31-28-16-14-12-10-8-6-4-2/h8,10,14,16,34,38,45,49,54-55,59-60H,3-7,9,11-13,15,17-33,35-37,39-44,46-48,50-53H2,1-2H3,(H,58,61)/b10-8-,16-14-,38-34-,49-45+. The SMILES string of the molecule is CCC/C=C\C/C=C\CCCCCCCC(=O)OCCCCCC/C=C\CCCC(=O)NC(CO)C(O)/C=C/CCCCCCCCCCCCCCCCCCCCCCCC. The van der Waals surface area contributed by atoms with Gasteiger partial charge in [0.05, 0.1) is 25.4 Å². The maximum Gasteiger partial charge on any atom is 0.305 e. The van der Waals surface area contributed by atoms with Crippen molar-refractivity contribution in [3.05, 3.63) is 48.6 Å². The van der Waals surface area contributed by atoms with Gasteiger partial charge in [-0.05, 0) is 77.0 Å². The minimum atomic E-state index is -0.878. The minimum absolute atomic E-state index is 0.0535. The van der Waals surface area contributed by atoms with Crippen LogP contribution in [0, 0.1) is 0 Å². The lowest BCUT2D eigenvalue weighted by molar-refractivity contribution is -0.143. The van der Waals surface area contributed by atoms with E-state index in [9.17, 15) is 19.8 Å². The molecule has 63 heavy (non-hydrogen) atoms. The highest BCUT2D eigenvalue weighted by atomic mass is 16.5. The topological polar surface area (TPSA) is 95.9 Å². The molecule has 2 unspecified atom stereocenters. The van der Waals surface area contributed by atoms with Gasteiger partial charge in [-0.1, -0.05) is 236 Å². The molecule has 6 nitrogen and oxygen atoms in total. The number of allylic oxidation sites excluding steroid dienone is 7. The molecule has 3 N–H and O–H groups in total. The largest absolute Gasteiger partial charge is 0.466 e. The Morgan fingerprint density at radius 2 is 0.841 bits per heavy atom. The first-order valence-corrected chi connectivity index (χ1v) is 27.4. The summed E-state index contributed by atoms with van der Waals surface area (Å²) in [7, 11) is 0. The molecule has 0 saturated heterocycles. The number of unbranched alkanes of at least 4 members (excludes halogenated alkanes) is 33. The van der Waals surface area contributed by atoms with Crippen molar-refractivity contribution in [2.45, 2.75) is 289 Å². The van der Waals surface area contributed by atoms with Gasteiger partial charge in [0.1, 0.15) is 0 Å². The summed E-state index contributed by atoms with van der Waals surface area (Å²) >= 11 is 0. The Kier molecular flexibility index (Phi) is 50.6. The monoisotopic (exact) mass is 884 g/mol. The van der Waals surface area contributed by atoms with Crippen molar-refractivity contribution in [1.82, 2.24) is 5.32 Å². The fourth-order valence-corrected chi connectivity index (χ4v) is 8.09. The molecule has 368 valence electrons. The maximum absolute atomic E-state index is 12.4. The lowest BCUT2D eigenvalue weighted by atomic mass is 10.0. The van der Waals surface area contributed by atoms with Crippen LogP contribution in [0.25, 0.3) is 0 Å². The molecule has 0 aliphatic rings. The third-order valence-corrected chi connectivity index (χ3v) is 12.3. The zero-order chi connectivity index (χ0) is 45.8. The van der Waals surface area contributed by atoms with Gasteiger partial charge in [0.2, 0.25) is 5.91 Å². The van der Waals surface area contributed by atoms with E-state index < -0.39 is 12.1 Å². The minimum Gasteiger partial charge on any atom is -0.466 e. The number of nitrogens with one attached hydrogen (secondary N) is 1. The summed E-state index contributed by atoms with van der Waals surface area (Å²) in [6, 6.07) is -0.668. The first kappa shape index (κ1) is 60.8. The van der Waals surface area contributed by atoms with Crippen LogP contribution in [0.2, 0.25) is 0 Å². The first-order chi connectivity index (χ1) is 31.0. The van der Waals surface area contributed by atoms with Crippen molar-refractivity contribution in [2.75, 3.05) is 13.2 Å². The Labute approximate surface area is 391 Å². The van der Waals surface area contributed by atoms with Gasteiger partial charge in [0.25, 0.3) is 0 Å². The molecule has 0 aliphatic carbocycles. The number of rotatable bonds is 50. The van der Waals surface area contributed by atoms with Crippen LogP contribution >= 0.6 is 0 Å². The quantitative estimate of drug-likeness (QED) is 0.0321. The Balaban J connectivity index is 3.58. The summed E-state index contributed by atoms with van der Waals surface area (Å²) in [5.74, 6) is -0.182. The maximum atomic E-state index is 12.4. The van der Waals surface area contributed by atoms with Crippen LogP contribution in [0.5, 0.6) is 0 Å². The molecule has 2 atom stereocenters. The fraction of sp³-hybridized carbons (Fsp3) is 0.825. The number of carbonyl (C=O) groups excluding carboxylic acids is 2. The van der Waals surface area contributed by atoms with Crippen molar-refractivity contribution in [1.29, 1.82) is 0 Å². The lowest BCUT2D eigenvalue weighted by Crippen LogP contribution is -2.45. The van der Waals surface area contributed by atoms with Gasteiger partial charge in [-0.2, -0.15) is 0 Å². The molecular formula is C57H105NO5. The number of hydrogen-bond acceptors (Lipinski definition) is 5. The fourth-order valence-electron chi connectivity index (χ4n) is 8.09. The van der Waals surface area contributed by atoms with E-state index in [1.54, 1.807) is 6.08 Å². The summed E-state index contributed by atoms with van der Waals surface area (Å²) in [4.78, 5) is 24.4. The number of ether oxygens (including phenoxy) is 1. The van der Waals surface area contributed by atoms with Crippen molar-refractivity contribution in [3.8, 4) is 0 Å². The lowest BCUT2D eigenvalue weighted by Gasteiger charge is -2.19. The molecule has 0 spiro atoms. The Bertz CT molecular complexity index is 1070. The van der Waals surface area contributed by atoms with Crippen LogP contribution in [0.3, 0.4) is 0 Å². The normalized spacial score (nSPS) is 13.0. The molecule has 0 saturated carbocycles. The Hall–Kier alpha value is -2.18. The highest BCUT2D eigenvalue weighted by Crippen LogP contribution is 2.16. The van der Waals surface area contributed by atoms with Crippen LogP contribution in [0.4, 0.5) is 0 Å². The van der Waals surface area contributed by atoms with Gasteiger partial charge in [-0.3, -0.25) is 9.59 Å². The van der Waals surface area contributed by atoms with Crippen molar-refractivity contribution >= 4 is 11.9 Å². The molecule has 1 amide bonds. The third-order valence-electron chi connectivity index (χ3n) is 12.3. The number of carbonyl (C=O) groups is 2. The smallest absolute Gasteiger partial charge is 0.305 e. The summed E-state index contributed by atoms with van der Waals surface area (Å²) in [5, 5.41) is 23.1. The van der Waals surface area contributed by atoms with Crippen molar-refractivity contribution < 1.29 is 24.5 Å². The number of aliphatic hydroxyl groups is 2. The van der Waals surface area contributed by atoms with Crippen LogP contribution in [-0.2, 0) is 14.3 Å². The van der Waals surface area contributed by atoms with Gasteiger partial charge in [0, 0.05) is 12.8 Å². The van der Waals surface area contributed by atoms with Crippen LogP contribution in [0.1, 0.15) is 277 Å². The predicted molar refractivity (Wildman–Crippen MR) is 273 cm³/mol. The molecule has 0 aliphatic heterocycles. The molecule has 0 fully saturated rings. The van der Waals surface area contributed by atoms with E-state index in [0.29, 0.717) is 19.4 Å². The number of aliphatic hydroxyl groups excluding tert-OH is 2. The molecule has 0 aromatic carbocycles. The Morgan fingerprint density at radius 3 is 1.32 bits per heavy atom. The number of esters is 1. The molecule has 0 rings (SSSR count). The molecule has 0 radical (unpaired) electrons. The summed E-state index contributed by atoms with van der Waals surface area (Å²) in [6.45, 7) is 4.74. The van der Waals surface area contributed by atoms with Gasteiger partial charge in [-0.25, -0.2) is 0 Å². The van der Waals surface area contributed by atoms with E-state index in [1.807, 2.05) is 6.08 Å². The zero-order valence-electron chi connectivity index (χ0n) is 41.8. The average molecular weight is 884 g/mol. The average Bonchev–Trinajstić information content (AvgIpc) is 3.28. The summed E-state index contributed by atoms with van der Waals surface area (Å²) < 4.78 is 5.42. The number of amides is 1. The zero-order valence-corrected chi connectivity index (χ0v) is 41.8. The highest BCUT2D eigenvalue weighted by molar-refractivity contribution is 5.76. The molecule has 6 heteroatoms. The summed E-state index contributed by atoms with van der Waals surface area (Å²) in [5.41, 5.74) is 0. The van der Waals surface area contributed by atoms with E-state index in [2.05, 4.69) is 55.6 Å². The van der Waals surface area contributed by atoms with Crippen molar-refractivity contribution in [3.63, 3.8) is 0 Å². The predicted octanol–water partition coefficient (Wildman–Crippen LogP) is 16.6. The van der Waals surface area contributed by atoms with Gasteiger partial charge in [-0.15, -0.1) is 0 Å². The second-order valence-corrected chi connectivity index (χ2v) is 18.5. The van der Waals surface area contributed by atoms with Gasteiger partial charge in [0.15, 0.2) is 0 Å².